The van der Waals surface area contributed by atoms with Crippen molar-refractivity contribution in [1.82, 2.24) is 19.9 Å². The van der Waals surface area contributed by atoms with Crippen LogP contribution in [0.1, 0.15) is 16.1 Å². The first kappa shape index (κ1) is 16.8. The van der Waals surface area contributed by atoms with Crippen LogP contribution >= 0.6 is 22.7 Å². The third kappa shape index (κ3) is 3.49. The highest BCUT2D eigenvalue weighted by Crippen LogP contribution is 2.35. The van der Waals surface area contributed by atoms with E-state index in [0.29, 0.717) is 12.5 Å². The van der Waals surface area contributed by atoms with E-state index < -0.39 is 0 Å². The summed E-state index contributed by atoms with van der Waals surface area (Å²) < 4.78 is 0. The molecule has 0 atom stereocenters. The molecule has 4 aromatic heterocycles. The molecule has 0 unspecified atom stereocenters. The Labute approximate surface area is 159 Å². The monoisotopic (exact) mass is 379 g/mol. The smallest absolute Gasteiger partial charge is 0.223 e. The molecule has 0 aliphatic heterocycles. The molecule has 0 aliphatic rings. The predicted molar refractivity (Wildman–Crippen MR) is 107 cm³/mol. The second-order valence-corrected chi connectivity index (χ2v) is 7.82. The SMILES string of the molecule is Cc1nc(-c2nc(NCc3ccncc3)ncc2-c2ccsc2)sc1C. The van der Waals surface area contributed by atoms with Crippen molar-refractivity contribution in [2.75, 3.05) is 5.32 Å². The molecule has 4 heterocycles. The van der Waals surface area contributed by atoms with Gasteiger partial charge >= 0.3 is 0 Å². The minimum Gasteiger partial charge on any atom is -0.350 e. The second-order valence-electron chi connectivity index (χ2n) is 5.84. The van der Waals surface area contributed by atoms with E-state index in [0.717, 1.165) is 33.1 Å². The molecule has 130 valence electrons. The fourth-order valence-corrected chi connectivity index (χ4v) is 4.09. The number of aromatic nitrogens is 4. The maximum Gasteiger partial charge on any atom is 0.223 e. The quantitative estimate of drug-likeness (QED) is 0.531. The number of anilines is 1. The van der Waals surface area contributed by atoms with Crippen LogP contribution in [0.4, 0.5) is 5.95 Å². The molecule has 0 amide bonds. The van der Waals surface area contributed by atoms with Gasteiger partial charge in [0.2, 0.25) is 5.95 Å². The molecule has 1 N–H and O–H groups in total. The van der Waals surface area contributed by atoms with Crippen molar-refractivity contribution >= 4 is 28.6 Å². The number of rotatable bonds is 5. The van der Waals surface area contributed by atoms with Crippen LogP contribution in [0, 0.1) is 13.8 Å². The zero-order valence-corrected chi connectivity index (χ0v) is 16.1. The van der Waals surface area contributed by atoms with Crippen LogP contribution < -0.4 is 5.32 Å². The summed E-state index contributed by atoms with van der Waals surface area (Å²) in [5, 5.41) is 8.39. The third-order valence-electron chi connectivity index (χ3n) is 4.05. The van der Waals surface area contributed by atoms with Gasteiger partial charge in [-0.15, -0.1) is 11.3 Å². The Bertz CT molecular complexity index is 990. The molecular formula is C19H17N5S2. The first-order valence-electron chi connectivity index (χ1n) is 8.17. The largest absolute Gasteiger partial charge is 0.350 e. The molecule has 7 heteroatoms. The van der Waals surface area contributed by atoms with Gasteiger partial charge in [-0.1, -0.05) is 0 Å². The van der Waals surface area contributed by atoms with Crippen molar-refractivity contribution in [3.63, 3.8) is 0 Å². The van der Waals surface area contributed by atoms with Crippen LogP contribution in [0.25, 0.3) is 21.8 Å². The van der Waals surface area contributed by atoms with Gasteiger partial charge in [-0.05, 0) is 53.9 Å². The number of thiazole rings is 1. The number of nitrogens with one attached hydrogen (secondary N) is 1. The molecule has 0 bridgehead atoms. The van der Waals surface area contributed by atoms with Gasteiger partial charge in [0.25, 0.3) is 0 Å². The predicted octanol–water partition coefficient (Wildman–Crippen LogP) is 4.95. The van der Waals surface area contributed by atoms with Crippen LogP contribution in [-0.2, 0) is 6.54 Å². The Hall–Kier alpha value is -2.64. The van der Waals surface area contributed by atoms with Crippen molar-refractivity contribution in [2.24, 2.45) is 0 Å². The summed E-state index contributed by atoms with van der Waals surface area (Å²) in [6, 6.07) is 6.03. The average molecular weight is 380 g/mol. The first-order valence-corrected chi connectivity index (χ1v) is 9.93. The summed E-state index contributed by atoms with van der Waals surface area (Å²) in [4.78, 5) is 19.2. The van der Waals surface area contributed by atoms with E-state index in [1.54, 1.807) is 35.1 Å². The van der Waals surface area contributed by atoms with Crippen molar-refractivity contribution < 1.29 is 0 Å². The average Bonchev–Trinajstić information content (AvgIpc) is 3.31. The highest BCUT2D eigenvalue weighted by Gasteiger charge is 2.16. The second kappa shape index (κ2) is 7.31. The van der Waals surface area contributed by atoms with Gasteiger partial charge in [-0.25, -0.2) is 15.0 Å². The normalized spacial score (nSPS) is 10.8. The molecule has 0 saturated heterocycles. The molecule has 0 aliphatic carbocycles. The molecule has 4 aromatic rings. The fraction of sp³-hybridized carbons (Fsp3) is 0.158. The number of hydrogen-bond donors (Lipinski definition) is 1. The van der Waals surface area contributed by atoms with Gasteiger partial charge < -0.3 is 5.32 Å². The topological polar surface area (TPSA) is 63.6 Å². The Morgan fingerprint density at radius 1 is 1.08 bits per heavy atom. The Morgan fingerprint density at radius 2 is 1.92 bits per heavy atom. The molecule has 0 fully saturated rings. The van der Waals surface area contributed by atoms with E-state index in [4.69, 9.17) is 9.97 Å². The number of nitrogens with zero attached hydrogens (tertiary/aromatic N) is 4. The molecular weight excluding hydrogens is 362 g/mol. The van der Waals surface area contributed by atoms with Gasteiger partial charge in [0.1, 0.15) is 10.7 Å². The maximum absolute atomic E-state index is 4.78. The fourth-order valence-electron chi connectivity index (χ4n) is 2.51. The van der Waals surface area contributed by atoms with Crippen molar-refractivity contribution in [3.8, 4) is 21.8 Å². The van der Waals surface area contributed by atoms with E-state index >= 15 is 0 Å². The molecule has 5 nitrogen and oxygen atoms in total. The van der Waals surface area contributed by atoms with Crippen LogP contribution in [0.5, 0.6) is 0 Å². The van der Waals surface area contributed by atoms with Gasteiger partial charge in [0.05, 0.1) is 5.69 Å². The number of hydrogen-bond acceptors (Lipinski definition) is 7. The van der Waals surface area contributed by atoms with Crippen LogP contribution in [0.15, 0.2) is 47.5 Å². The lowest BCUT2D eigenvalue weighted by Gasteiger charge is -2.09. The minimum atomic E-state index is 0.598. The van der Waals surface area contributed by atoms with Gasteiger partial charge in [-0.2, -0.15) is 11.3 Å². The van der Waals surface area contributed by atoms with Gasteiger partial charge in [-0.3, -0.25) is 4.98 Å². The first-order chi connectivity index (χ1) is 12.7. The highest BCUT2D eigenvalue weighted by atomic mass is 32.1. The molecule has 0 spiro atoms. The number of aryl methyl sites for hydroxylation is 2. The third-order valence-corrected chi connectivity index (χ3v) is 5.81. The van der Waals surface area contributed by atoms with Gasteiger partial charge in [0.15, 0.2) is 0 Å². The Morgan fingerprint density at radius 3 is 2.62 bits per heavy atom. The number of pyridine rings is 1. The highest BCUT2D eigenvalue weighted by molar-refractivity contribution is 7.15. The van der Waals surface area contributed by atoms with Crippen LogP contribution in [0.2, 0.25) is 0 Å². The van der Waals surface area contributed by atoms with E-state index in [2.05, 4.69) is 39.0 Å². The summed E-state index contributed by atoms with van der Waals surface area (Å²) in [5.74, 6) is 0.598. The summed E-state index contributed by atoms with van der Waals surface area (Å²) in [5.41, 5.74) is 5.18. The lowest BCUT2D eigenvalue weighted by atomic mass is 10.1. The Kier molecular flexibility index (Phi) is 4.73. The zero-order chi connectivity index (χ0) is 17.9. The van der Waals surface area contributed by atoms with Crippen molar-refractivity contribution in [2.45, 2.75) is 20.4 Å². The van der Waals surface area contributed by atoms with Crippen molar-refractivity contribution in [1.29, 1.82) is 0 Å². The lowest BCUT2D eigenvalue weighted by molar-refractivity contribution is 1.05. The minimum absolute atomic E-state index is 0.598. The van der Waals surface area contributed by atoms with E-state index in [-0.39, 0.29) is 0 Å². The van der Waals surface area contributed by atoms with Crippen LogP contribution in [-0.4, -0.2) is 19.9 Å². The standard InChI is InChI=1S/C19H17N5S2/c1-12-13(2)26-18(23-12)17-16(15-5-8-25-11-15)10-22-19(24-17)21-9-14-3-6-20-7-4-14/h3-8,10-11H,9H2,1-2H3,(H,21,22,24). The maximum atomic E-state index is 4.78. The van der Waals surface area contributed by atoms with Crippen LogP contribution in [0.3, 0.4) is 0 Å². The van der Waals surface area contributed by atoms with Gasteiger partial charge in [0, 0.05) is 35.6 Å². The zero-order valence-electron chi connectivity index (χ0n) is 14.4. The number of thiophene rings is 1. The Balaban J connectivity index is 1.70. The molecule has 0 aromatic carbocycles. The molecule has 0 radical (unpaired) electrons. The lowest BCUT2D eigenvalue weighted by Crippen LogP contribution is -2.05. The molecule has 4 rings (SSSR count). The summed E-state index contributed by atoms with van der Waals surface area (Å²) in [7, 11) is 0. The van der Waals surface area contributed by atoms with E-state index in [1.165, 1.54) is 4.88 Å². The summed E-state index contributed by atoms with van der Waals surface area (Å²) in [6.45, 7) is 4.77. The molecule has 26 heavy (non-hydrogen) atoms. The molecule has 0 saturated carbocycles. The van der Waals surface area contributed by atoms with Crippen molar-refractivity contribution in [3.05, 3.63) is 63.7 Å². The van der Waals surface area contributed by atoms with E-state index in [1.807, 2.05) is 25.3 Å². The summed E-state index contributed by atoms with van der Waals surface area (Å²) in [6.07, 6.45) is 5.44. The summed E-state index contributed by atoms with van der Waals surface area (Å²) >= 11 is 3.33. The van der Waals surface area contributed by atoms with E-state index in [9.17, 15) is 0 Å².